The van der Waals surface area contributed by atoms with Crippen molar-refractivity contribution in [2.24, 2.45) is 17.6 Å². The lowest BCUT2D eigenvalue weighted by atomic mass is 9.94. The van der Waals surface area contributed by atoms with Gasteiger partial charge in [0.1, 0.15) is 0 Å². The lowest BCUT2D eigenvalue weighted by molar-refractivity contribution is -0.117. The molecule has 0 aliphatic rings. The minimum Gasteiger partial charge on any atom is -0.330 e. The van der Waals surface area contributed by atoms with Crippen molar-refractivity contribution in [3.63, 3.8) is 0 Å². The molecule has 0 aliphatic carbocycles. The largest absolute Gasteiger partial charge is 0.330 e. The Morgan fingerprint density at radius 2 is 2.15 bits per heavy atom. The van der Waals surface area contributed by atoms with Gasteiger partial charge in [0.05, 0.1) is 0 Å². The van der Waals surface area contributed by atoms with E-state index in [0.29, 0.717) is 18.9 Å². The Balaban J connectivity index is 1.96. The van der Waals surface area contributed by atoms with Gasteiger partial charge in [-0.25, -0.2) is 0 Å². The van der Waals surface area contributed by atoms with Crippen molar-refractivity contribution in [3.05, 3.63) is 29.6 Å². The van der Waals surface area contributed by atoms with Crippen LogP contribution < -0.4 is 11.1 Å². The minimum absolute atomic E-state index is 0.0516. The number of nitrogens with two attached hydrogens (primary N) is 1. The topological polar surface area (TPSA) is 55.1 Å². The van der Waals surface area contributed by atoms with E-state index in [2.05, 4.69) is 30.6 Å². The molecule has 0 aliphatic heterocycles. The average Bonchev–Trinajstić information content (AvgIpc) is 2.84. The van der Waals surface area contributed by atoms with Crippen LogP contribution >= 0.6 is 11.3 Å². The number of nitrogens with one attached hydrogen (secondary N) is 1. The molecule has 0 saturated heterocycles. The first kappa shape index (κ1) is 15.0. The van der Waals surface area contributed by atoms with Crippen molar-refractivity contribution < 1.29 is 4.79 Å². The van der Waals surface area contributed by atoms with Gasteiger partial charge in [0.2, 0.25) is 5.91 Å². The van der Waals surface area contributed by atoms with E-state index in [-0.39, 0.29) is 11.8 Å². The van der Waals surface area contributed by atoms with E-state index < -0.39 is 0 Å². The van der Waals surface area contributed by atoms with Gasteiger partial charge in [-0.2, -0.15) is 0 Å². The third kappa shape index (κ3) is 4.05. The summed E-state index contributed by atoms with van der Waals surface area (Å²) in [6.07, 6.45) is 1.49. The second kappa shape index (κ2) is 6.86. The molecule has 4 heteroatoms. The lowest BCUT2D eigenvalue weighted by Crippen LogP contribution is -2.23. The van der Waals surface area contributed by atoms with Crippen LogP contribution in [0.25, 0.3) is 10.1 Å². The van der Waals surface area contributed by atoms with E-state index in [1.807, 2.05) is 18.2 Å². The SMILES string of the molecule is CC(C)CC(CN)CC(=O)Nc1ccc2sccc2c1. The molecule has 1 aromatic carbocycles. The summed E-state index contributed by atoms with van der Waals surface area (Å²) in [6.45, 7) is 4.88. The van der Waals surface area contributed by atoms with Gasteiger partial charge in [-0.05, 0) is 59.8 Å². The molecule has 108 valence electrons. The summed E-state index contributed by atoms with van der Waals surface area (Å²) in [5.74, 6) is 0.883. The zero-order valence-corrected chi connectivity index (χ0v) is 12.9. The van der Waals surface area contributed by atoms with Crippen LogP contribution in [0.2, 0.25) is 0 Å². The van der Waals surface area contributed by atoms with Gasteiger partial charge < -0.3 is 11.1 Å². The van der Waals surface area contributed by atoms with Gasteiger partial charge in [0.25, 0.3) is 0 Å². The predicted molar refractivity (Wildman–Crippen MR) is 87.1 cm³/mol. The number of carbonyl (C=O) groups is 1. The smallest absolute Gasteiger partial charge is 0.224 e. The minimum atomic E-state index is 0.0516. The van der Waals surface area contributed by atoms with E-state index in [9.17, 15) is 4.79 Å². The van der Waals surface area contributed by atoms with Crippen LogP contribution in [-0.2, 0) is 4.79 Å². The zero-order valence-electron chi connectivity index (χ0n) is 12.1. The summed E-state index contributed by atoms with van der Waals surface area (Å²) >= 11 is 1.71. The summed E-state index contributed by atoms with van der Waals surface area (Å²) in [4.78, 5) is 12.1. The van der Waals surface area contributed by atoms with E-state index in [1.165, 1.54) is 10.1 Å². The molecule has 0 bridgehead atoms. The van der Waals surface area contributed by atoms with E-state index in [0.717, 1.165) is 12.1 Å². The first-order valence-electron chi connectivity index (χ1n) is 7.05. The van der Waals surface area contributed by atoms with Crippen molar-refractivity contribution >= 4 is 33.0 Å². The highest BCUT2D eigenvalue weighted by Gasteiger charge is 2.14. The maximum absolute atomic E-state index is 12.1. The molecule has 1 amide bonds. The number of anilines is 1. The monoisotopic (exact) mass is 290 g/mol. The molecule has 0 spiro atoms. The van der Waals surface area contributed by atoms with Gasteiger partial charge in [0.15, 0.2) is 0 Å². The van der Waals surface area contributed by atoms with Crippen molar-refractivity contribution in [2.75, 3.05) is 11.9 Å². The number of carbonyl (C=O) groups excluding carboxylic acids is 1. The van der Waals surface area contributed by atoms with Gasteiger partial charge in [-0.3, -0.25) is 4.79 Å². The van der Waals surface area contributed by atoms with Crippen LogP contribution in [0.3, 0.4) is 0 Å². The van der Waals surface area contributed by atoms with Crippen molar-refractivity contribution in [3.8, 4) is 0 Å². The maximum atomic E-state index is 12.1. The van der Waals surface area contributed by atoms with Gasteiger partial charge in [0, 0.05) is 16.8 Å². The summed E-state index contributed by atoms with van der Waals surface area (Å²) in [5.41, 5.74) is 6.61. The van der Waals surface area contributed by atoms with Gasteiger partial charge >= 0.3 is 0 Å². The third-order valence-corrected chi connectivity index (χ3v) is 4.25. The number of rotatable bonds is 6. The Labute approximate surface area is 124 Å². The molecule has 0 fully saturated rings. The highest BCUT2D eigenvalue weighted by Crippen LogP contribution is 2.24. The number of hydrogen-bond acceptors (Lipinski definition) is 3. The fourth-order valence-corrected chi connectivity index (χ4v) is 3.22. The van der Waals surface area contributed by atoms with Crippen LogP contribution in [0.5, 0.6) is 0 Å². The quantitative estimate of drug-likeness (QED) is 0.849. The summed E-state index contributed by atoms with van der Waals surface area (Å²) in [7, 11) is 0. The van der Waals surface area contributed by atoms with Crippen LogP contribution in [-0.4, -0.2) is 12.5 Å². The van der Waals surface area contributed by atoms with Gasteiger partial charge in [-0.15, -0.1) is 11.3 Å². The standard InChI is InChI=1S/C16H22N2OS/c1-11(2)7-12(10-17)8-16(19)18-14-3-4-15-13(9-14)5-6-20-15/h3-6,9,11-12H,7-8,10,17H2,1-2H3,(H,18,19). The number of benzene rings is 1. The molecule has 1 heterocycles. The first-order valence-corrected chi connectivity index (χ1v) is 7.93. The Hall–Kier alpha value is -1.39. The fourth-order valence-electron chi connectivity index (χ4n) is 2.45. The maximum Gasteiger partial charge on any atom is 0.224 e. The summed E-state index contributed by atoms with van der Waals surface area (Å²) in [5, 5.41) is 6.20. The molecular formula is C16H22N2OS. The van der Waals surface area contributed by atoms with E-state index in [4.69, 9.17) is 5.73 Å². The van der Waals surface area contributed by atoms with Crippen molar-refractivity contribution in [1.29, 1.82) is 0 Å². The Kier molecular flexibility index (Phi) is 5.15. The normalized spacial score (nSPS) is 12.8. The third-order valence-electron chi connectivity index (χ3n) is 3.35. The molecule has 3 N–H and O–H groups in total. The van der Waals surface area contributed by atoms with Crippen LogP contribution in [0.15, 0.2) is 29.6 Å². The van der Waals surface area contributed by atoms with Crippen LogP contribution in [0.4, 0.5) is 5.69 Å². The lowest BCUT2D eigenvalue weighted by Gasteiger charge is -2.16. The van der Waals surface area contributed by atoms with Crippen molar-refractivity contribution in [1.82, 2.24) is 0 Å². The Bertz CT molecular complexity index is 577. The fraction of sp³-hybridized carbons (Fsp3) is 0.438. The summed E-state index contributed by atoms with van der Waals surface area (Å²) in [6, 6.07) is 8.08. The number of amides is 1. The second-order valence-electron chi connectivity index (χ2n) is 5.66. The molecule has 3 nitrogen and oxygen atoms in total. The number of hydrogen-bond donors (Lipinski definition) is 2. The van der Waals surface area contributed by atoms with Crippen molar-refractivity contribution in [2.45, 2.75) is 26.7 Å². The molecule has 2 aromatic rings. The predicted octanol–water partition coefficient (Wildman–Crippen LogP) is 3.85. The molecule has 0 radical (unpaired) electrons. The number of thiophene rings is 1. The molecule has 20 heavy (non-hydrogen) atoms. The Morgan fingerprint density at radius 1 is 1.35 bits per heavy atom. The van der Waals surface area contributed by atoms with E-state index in [1.54, 1.807) is 11.3 Å². The molecule has 0 saturated carbocycles. The second-order valence-corrected chi connectivity index (χ2v) is 6.60. The highest BCUT2D eigenvalue weighted by molar-refractivity contribution is 7.17. The first-order chi connectivity index (χ1) is 9.58. The van der Waals surface area contributed by atoms with E-state index >= 15 is 0 Å². The van der Waals surface area contributed by atoms with Gasteiger partial charge in [-0.1, -0.05) is 13.8 Å². The van der Waals surface area contributed by atoms with Crippen LogP contribution in [0, 0.1) is 11.8 Å². The highest BCUT2D eigenvalue weighted by atomic mass is 32.1. The average molecular weight is 290 g/mol. The summed E-state index contributed by atoms with van der Waals surface area (Å²) < 4.78 is 1.24. The molecule has 1 unspecified atom stereocenters. The number of fused-ring (bicyclic) bond motifs is 1. The molecule has 1 atom stereocenters. The molecule has 1 aromatic heterocycles. The molecular weight excluding hydrogens is 268 g/mol. The Morgan fingerprint density at radius 3 is 2.85 bits per heavy atom. The van der Waals surface area contributed by atoms with Crippen LogP contribution in [0.1, 0.15) is 26.7 Å². The zero-order chi connectivity index (χ0) is 14.5. The molecule has 2 rings (SSSR count).